The first-order valence-corrected chi connectivity index (χ1v) is 16.8. The third-order valence-corrected chi connectivity index (χ3v) is 9.95. The zero-order chi connectivity index (χ0) is 32.3. The predicted molar refractivity (Wildman–Crippen MR) is 203 cm³/mol. The number of rotatable bonds is 4. The molecule has 2 heterocycles. The highest BCUT2D eigenvalue weighted by Gasteiger charge is 2.27. The molecule has 49 heavy (non-hydrogen) atoms. The minimum Gasteiger partial charge on any atom is -0.456 e. The Hall–Kier alpha value is -6.23. The topological polar surface area (TPSA) is 49.6 Å². The van der Waals surface area contributed by atoms with E-state index in [1.54, 1.807) is 0 Å². The standard InChI is InChI=1S/C45H31N3O/c1-3-12-28(13-4-1)43-46-44(29-14-5-2-6-15-29)48-45(47-43)38-20-11-21-40-42(38)37-25-23-31(27-41(37)49-40)30-22-24-36-34-18-8-7-16-32(34)33-17-9-10-19-35(33)39(36)26-30/h1-27,43,45,47H,(H,46,48). The van der Waals surface area contributed by atoms with Crippen molar-refractivity contribution in [3.8, 4) is 11.1 Å². The highest BCUT2D eigenvalue weighted by atomic mass is 16.3. The lowest BCUT2D eigenvalue weighted by Gasteiger charge is -2.32. The molecule has 1 aromatic heterocycles. The second-order valence-corrected chi connectivity index (χ2v) is 12.8. The van der Waals surface area contributed by atoms with Crippen LogP contribution in [0.5, 0.6) is 0 Å². The Morgan fingerprint density at radius 3 is 1.76 bits per heavy atom. The van der Waals surface area contributed by atoms with E-state index in [4.69, 9.17) is 9.41 Å². The van der Waals surface area contributed by atoms with Crippen LogP contribution in [-0.4, -0.2) is 5.84 Å². The quantitative estimate of drug-likeness (QED) is 0.190. The van der Waals surface area contributed by atoms with Crippen LogP contribution in [0.2, 0.25) is 0 Å². The molecule has 0 saturated heterocycles. The lowest BCUT2D eigenvalue weighted by atomic mass is 9.92. The minimum atomic E-state index is -0.283. The normalized spacial score (nSPS) is 16.4. The molecule has 4 heteroatoms. The molecule has 1 aliphatic rings. The molecule has 232 valence electrons. The van der Waals surface area contributed by atoms with Crippen molar-refractivity contribution in [1.29, 1.82) is 0 Å². The van der Waals surface area contributed by atoms with Gasteiger partial charge in [0.2, 0.25) is 0 Å². The average Bonchev–Trinajstić information content (AvgIpc) is 3.56. The monoisotopic (exact) mass is 629 g/mol. The van der Waals surface area contributed by atoms with Crippen LogP contribution in [0.3, 0.4) is 0 Å². The molecule has 2 N–H and O–H groups in total. The Bertz CT molecular complexity index is 2690. The van der Waals surface area contributed by atoms with Crippen LogP contribution >= 0.6 is 0 Å². The van der Waals surface area contributed by atoms with Gasteiger partial charge in [0.15, 0.2) is 0 Å². The van der Waals surface area contributed by atoms with E-state index in [0.29, 0.717) is 0 Å². The minimum absolute atomic E-state index is 0.111. The van der Waals surface area contributed by atoms with E-state index < -0.39 is 0 Å². The second-order valence-electron chi connectivity index (χ2n) is 12.8. The first-order valence-electron chi connectivity index (χ1n) is 16.8. The Kier molecular flexibility index (Phi) is 6.36. The molecule has 0 aliphatic carbocycles. The van der Waals surface area contributed by atoms with Gasteiger partial charge in [-0.1, -0.05) is 140 Å². The van der Waals surface area contributed by atoms with Crippen LogP contribution in [0, 0.1) is 0 Å². The van der Waals surface area contributed by atoms with Crippen LogP contribution in [0.15, 0.2) is 173 Å². The van der Waals surface area contributed by atoms with Gasteiger partial charge < -0.3 is 9.73 Å². The summed E-state index contributed by atoms with van der Waals surface area (Å²) in [4.78, 5) is 5.23. The maximum atomic E-state index is 6.59. The lowest BCUT2D eigenvalue weighted by molar-refractivity contribution is 0.410. The van der Waals surface area contributed by atoms with Crippen molar-refractivity contribution in [1.82, 2.24) is 10.6 Å². The van der Waals surface area contributed by atoms with Crippen LogP contribution in [0.25, 0.3) is 65.4 Å². The third kappa shape index (κ3) is 4.61. The van der Waals surface area contributed by atoms with E-state index in [2.05, 4.69) is 162 Å². The molecule has 0 amide bonds. The van der Waals surface area contributed by atoms with Gasteiger partial charge in [0.1, 0.15) is 29.3 Å². The van der Waals surface area contributed by atoms with E-state index >= 15 is 0 Å². The van der Waals surface area contributed by atoms with Gasteiger partial charge in [0.25, 0.3) is 0 Å². The summed E-state index contributed by atoms with van der Waals surface area (Å²) in [5.41, 5.74) is 7.31. The molecule has 1 aliphatic heterocycles. The molecule has 0 radical (unpaired) electrons. The zero-order valence-corrected chi connectivity index (χ0v) is 26.6. The summed E-state index contributed by atoms with van der Waals surface area (Å²) in [6, 6.07) is 58.0. The summed E-state index contributed by atoms with van der Waals surface area (Å²) in [7, 11) is 0. The molecule has 9 aromatic rings. The van der Waals surface area contributed by atoms with Gasteiger partial charge >= 0.3 is 0 Å². The predicted octanol–water partition coefficient (Wildman–Crippen LogP) is 11.0. The van der Waals surface area contributed by atoms with E-state index in [1.165, 1.54) is 37.9 Å². The molecule has 0 spiro atoms. The summed E-state index contributed by atoms with van der Waals surface area (Å²) in [5.74, 6) is 0.863. The number of nitrogens with one attached hydrogen (secondary N) is 2. The Labute approximate surface area is 283 Å². The summed E-state index contributed by atoms with van der Waals surface area (Å²) in [6.45, 7) is 0. The molecule has 2 atom stereocenters. The van der Waals surface area contributed by atoms with Crippen LogP contribution < -0.4 is 10.6 Å². The summed E-state index contributed by atoms with van der Waals surface area (Å²) < 4.78 is 6.59. The van der Waals surface area contributed by atoms with Crippen LogP contribution in [-0.2, 0) is 0 Å². The summed E-state index contributed by atoms with van der Waals surface area (Å²) in [6.07, 6.45) is -0.394. The Morgan fingerprint density at radius 1 is 0.449 bits per heavy atom. The van der Waals surface area contributed by atoms with Crippen molar-refractivity contribution in [3.63, 3.8) is 0 Å². The van der Waals surface area contributed by atoms with Gasteiger partial charge in [-0.3, -0.25) is 5.32 Å². The van der Waals surface area contributed by atoms with Gasteiger partial charge in [0, 0.05) is 21.9 Å². The molecular weight excluding hydrogens is 599 g/mol. The molecular formula is C45H31N3O. The number of benzene rings is 8. The fourth-order valence-electron chi connectivity index (χ4n) is 7.63. The van der Waals surface area contributed by atoms with Gasteiger partial charge in [-0.25, -0.2) is 4.99 Å². The van der Waals surface area contributed by atoms with E-state index in [9.17, 15) is 0 Å². The van der Waals surface area contributed by atoms with Gasteiger partial charge in [-0.2, -0.15) is 0 Å². The third-order valence-electron chi connectivity index (χ3n) is 9.95. The molecule has 0 saturated carbocycles. The highest BCUT2D eigenvalue weighted by molar-refractivity contribution is 6.25. The molecule has 4 nitrogen and oxygen atoms in total. The van der Waals surface area contributed by atoms with Crippen molar-refractivity contribution >= 4 is 60.1 Å². The van der Waals surface area contributed by atoms with Gasteiger partial charge in [-0.15, -0.1) is 0 Å². The average molecular weight is 630 g/mol. The number of aliphatic imine (C=N–C) groups is 1. The summed E-state index contributed by atoms with van der Waals surface area (Å²) >= 11 is 0. The van der Waals surface area contributed by atoms with E-state index in [0.717, 1.165) is 50.0 Å². The van der Waals surface area contributed by atoms with Crippen molar-refractivity contribution in [2.75, 3.05) is 0 Å². The largest absolute Gasteiger partial charge is 0.456 e. The number of fused-ring (bicyclic) bond motifs is 9. The first-order chi connectivity index (χ1) is 24.3. The zero-order valence-electron chi connectivity index (χ0n) is 26.6. The summed E-state index contributed by atoms with van der Waals surface area (Å²) in [5, 5.41) is 17.2. The molecule has 8 aromatic carbocycles. The van der Waals surface area contributed by atoms with Gasteiger partial charge in [-0.05, 0) is 73.3 Å². The highest BCUT2D eigenvalue weighted by Crippen LogP contribution is 2.40. The first kappa shape index (κ1) is 27.8. The molecule has 2 unspecified atom stereocenters. The maximum absolute atomic E-state index is 6.59. The Morgan fingerprint density at radius 2 is 1.04 bits per heavy atom. The Balaban J connectivity index is 1.10. The lowest BCUT2D eigenvalue weighted by Crippen LogP contribution is -2.44. The van der Waals surface area contributed by atoms with Crippen LogP contribution in [0.1, 0.15) is 29.0 Å². The van der Waals surface area contributed by atoms with Crippen LogP contribution in [0.4, 0.5) is 0 Å². The second kappa shape index (κ2) is 11.2. The molecule has 10 rings (SSSR count). The van der Waals surface area contributed by atoms with E-state index in [-0.39, 0.29) is 12.3 Å². The molecule has 0 bridgehead atoms. The molecule has 0 fully saturated rings. The smallest absolute Gasteiger partial charge is 0.136 e. The number of furan rings is 1. The SMILES string of the molecule is c1ccc(C2=NC(c3cccc4oc5cc(-c6ccc7c8ccccc8c8ccccc8c7c6)ccc5c34)NC(c3ccccc3)N2)cc1. The van der Waals surface area contributed by atoms with Crippen molar-refractivity contribution in [2.45, 2.75) is 12.3 Å². The van der Waals surface area contributed by atoms with Crippen molar-refractivity contribution in [3.05, 3.63) is 180 Å². The van der Waals surface area contributed by atoms with Gasteiger partial charge in [0.05, 0.1) is 0 Å². The number of hydrogen-bond donors (Lipinski definition) is 2. The fourth-order valence-corrected chi connectivity index (χ4v) is 7.63. The van der Waals surface area contributed by atoms with E-state index in [1.807, 2.05) is 12.1 Å². The number of nitrogens with zero attached hydrogens (tertiary/aromatic N) is 1. The van der Waals surface area contributed by atoms with Crippen molar-refractivity contribution in [2.24, 2.45) is 4.99 Å². The maximum Gasteiger partial charge on any atom is 0.136 e. The fraction of sp³-hybridized carbons (Fsp3) is 0.0444. The number of hydrogen-bond acceptors (Lipinski definition) is 4. The number of amidine groups is 1. The van der Waals surface area contributed by atoms with Crippen molar-refractivity contribution < 1.29 is 4.42 Å².